The van der Waals surface area contributed by atoms with Gasteiger partial charge in [-0.3, -0.25) is 0 Å². The third-order valence-corrected chi connectivity index (χ3v) is 2.02. The number of nitrogens with zero attached hydrogens (tertiary/aromatic N) is 1. The molecule has 2 N–H and O–H groups in total. The Hall–Kier alpha value is -0.890. The van der Waals surface area contributed by atoms with E-state index in [4.69, 9.17) is 14.7 Å². The van der Waals surface area contributed by atoms with Gasteiger partial charge in [0.2, 0.25) is 0 Å². The van der Waals surface area contributed by atoms with Crippen molar-refractivity contribution in [2.24, 2.45) is 0 Å². The van der Waals surface area contributed by atoms with Crippen LogP contribution in [0.2, 0.25) is 0 Å². The van der Waals surface area contributed by atoms with Gasteiger partial charge < -0.3 is 20.1 Å². The highest BCUT2D eigenvalue weighted by atomic mass is 17.2. The van der Waals surface area contributed by atoms with Crippen LogP contribution < -0.4 is 5.32 Å². The van der Waals surface area contributed by atoms with Gasteiger partial charge in [-0.1, -0.05) is 0 Å². The van der Waals surface area contributed by atoms with Gasteiger partial charge in [-0.05, 0) is 34.7 Å². The number of aliphatic hydroxyl groups is 1. The lowest BCUT2D eigenvalue weighted by molar-refractivity contribution is -0.351. The minimum Gasteiger partial charge on any atom is -0.444 e. The average Bonchev–Trinajstić information content (AvgIpc) is 2.23. The largest absolute Gasteiger partial charge is 0.444 e. The molecule has 19 heavy (non-hydrogen) atoms. The number of carbonyl (C=O) groups is 1. The van der Waals surface area contributed by atoms with Crippen LogP contribution in [0.4, 0.5) is 4.79 Å². The lowest BCUT2D eigenvalue weighted by Crippen LogP contribution is -2.38. The van der Waals surface area contributed by atoms with Crippen molar-refractivity contribution in [3.8, 4) is 0 Å². The number of carbonyl (C=O) groups excluding carboxylic acids is 1. The van der Waals surface area contributed by atoms with Gasteiger partial charge in [0.1, 0.15) is 11.7 Å². The number of rotatable bonds is 8. The molecule has 0 aliphatic heterocycles. The summed E-state index contributed by atoms with van der Waals surface area (Å²) in [6.45, 7) is 8.58. The molecule has 0 bridgehead atoms. The van der Waals surface area contributed by atoms with Crippen molar-refractivity contribution in [1.82, 2.24) is 10.2 Å². The number of amides is 1. The second-order valence-electron chi connectivity index (χ2n) is 5.34. The van der Waals surface area contributed by atoms with E-state index in [1.54, 1.807) is 0 Å². The molecular weight excluding hydrogens is 252 g/mol. The highest BCUT2D eigenvalue weighted by Gasteiger charge is 2.15. The Kier molecular flexibility index (Phi) is 8.66. The van der Waals surface area contributed by atoms with Gasteiger partial charge in [0.05, 0.1) is 0 Å². The second kappa shape index (κ2) is 9.08. The number of alkyl carbamates (subject to hydrolysis) is 1. The van der Waals surface area contributed by atoms with Crippen LogP contribution in [0.25, 0.3) is 0 Å². The first-order chi connectivity index (χ1) is 8.74. The molecule has 0 saturated carbocycles. The summed E-state index contributed by atoms with van der Waals surface area (Å²) in [4.78, 5) is 22.6. The summed E-state index contributed by atoms with van der Waals surface area (Å²) >= 11 is 0. The highest BCUT2D eigenvalue weighted by molar-refractivity contribution is 5.67. The van der Waals surface area contributed by atoms with Crippen LogP contribution in [0.3, 0.4) is 0 Å². The zero-order valence-electron chi connectivity index (χ0n) is 12.4. The van der Waals surface area contributed by atoms with Crippen LogP contribution in [0.1, 0.15) is 27.7 Å². The first-order valence-electron chi connectivity index (χ1n) is 6.29. The van der Waals surface area contributed by atoms with E-state index in [0.717, 1.165) is 0 Å². The average molecular weight is 278 g/mol. The summed E-state index contributed by atoms with van der Waals surface area (Å²) < 4.78 is 5.11. The lowest BCUT2D eigenvalue weighted by atomic mass is 10.2. The Morgan fingerprint density at radius 2 is 2.05 bits per heavy atom. The van der Waals surface area contributed by atoms with E-state index in [1.807, 2.05) is 39.6 Å². The normalized spacial score (nSPS) is 13.4. The summed E-state index contributed by atoms with van der Waals surface area (Å²) in [5, 5.41) is 11.1. The molecule has 0 fully saturated rings. The fraction of sp³-hybridized carbons (Fsp3) is 0.917. The van der Waals surface area contributed by atoms with Crippen molar-refractivity contribution >= 4 is 6.09 Å². The van der Waals surface area contributed by atoms with E-state index in [0.29, 0.717) is 19.6 Å². The molecule has 0 rings (SSSR count). The molecule has 0 aliphatic rings. The maximum Gasteiger partial charge on any atom is 0.407 e. The van der Waals surface area contributed by atoms with Crippen molar-refractivity contribution in [3.05, 3.63) is 0 Å². The van der Waals surface area contributed by atoms with E-state index >= 15 is 0 Å². The number of aliphatic hydroxyl groups excluding tert-OH is 1. The number of ether oxygens (including phenoxy) is 1. The molecule has 0 heterocycles. The molecule has 7 nitrogen and oxygen atoms in total. The van der Waals surface area contributed by atoms with Crippen LogP contribution in [0, 0.1) is 0 Å². The van der Waals surface area contributed by atoms with Gasteiger partial charge in [0.15, 0.2) is 6.79 Å². The van der Waals surface area contributed by atoms with Gasteiger partial charge >= 0.3 is 6.09 Å². The van der Waals surface area contributed by atoms with Crippen molar-refractivity contribution < 1.29 is 24.4 Å². The molecule has 0 spiro atoms. The van der Waals surface area contributed by atoms with Crippen molar-refractivity contribution in [3.63, 3.8) is 0 Å². The van der Waals surface area contributed by atoms with E-state index in [-0.39, 0.29) is 6.10 Å². The summed E-state index contributed by atoms with van der Waals surface area (Å²) in [5.74, 6) is 0. The third-order valence-electron chi connectivity index (χ3n) is 2.02. The zero-order chi connectivity index (χ0) is 14.9. The smallest absolute Gasteiger partial charge is 0.407 e. The molecule has 114 valence electrons. The van der Waals surface area contributed by atoms with Crippen LogP contribution >= 0.6 is 0 Å². The standard InChI is InChI=1S/C12H26N2O5/c1-10(19-17-9-15)8-14(5)7-6-13-11(16)18-12(2,3)4/h10,15H,6-9H2,1-5H3,(H,13,16). The summed E-state index contributed by atoms with van der Waals surface area (Å²) in [6, 6.07) is 0. The number of likely N-dealkylation sites (N-methyl/N-ethyl adjacent to an activating group) is 1. The van der Waals surface area contributed by atoms with E-state index in [1.165, 1.54) is 0 Å². The van der Waals surface area contributed by atoms with E-state index in [2.05, 4.69) is 10.2 Å². The first kappa shape index (κ1) is 18.1. The predicted octanol–water partition coefficient (Wildman–Crippen LogP) is 0.729. The van der Waals surface area contributed by atoms with E-state index < -0.39 is 18.5 Å². The van der Waals surface area contributed by atoms with Crippen molar-refractivity contribution in [1.29, 1.82) is 0 Å². The topological polar surface area (TPSA) is 80.3 Å². The van der Waals surface area contributed by atoms with Gasteiger partial charge in [0, 0.05) is 19.6 Å². The summed E-state index contributed by atoms with van der Waals surface area (Å²) in [5.41, 5.74) is -0.486. The molecule has 0 aromatic rings. The Morgan fingerprint density at radius 1 is 1.42 bits per heavy atom. The fourth-order valence-electron chi connectivity index (χ4n) is 1.37. The molecule has 7 heteroatoms. The number of hydrogen-bond donors (Lipinski definition) is 2. The molecule has 1 unspecified atom stereocenters. The lowest BCUT2D eigenvalue weighted by Gasteiger charge is -2.22. The van der Waals surface area contributed by atoms with Gasteiger partial charge in [-0.25, -0.2) is 14.6 Å². The monoisotopic (exact) mass is 278 g/mol. The first-order valence-corrected chi connectivity index (χ1v) is 6.29. The summed E-state index contributed by atoms with van der Waals surface area (Å²) in [6.07, 6.45) is -0.590. The Balaban J connectivity index is 3.68. The van der Waals surface area contributed by atoms with Gasteiger partial charge in [-0.15, -0.1) is 0 Å². The quantitative estimate of drug-likeness (QED) is 0.387. The van der Waals surface area contributed by atoms with Gasteiger partial charge in [-0.2, -0.15) is 0 Å². The van der Waals surface area contributed by atoms with Crippen LogP contribution in [-0.2, 0) is 14.5 Å². The minimum atomic E-state index is -0.486. The van der Waals surface area contributed by atoms with Crippen LogP contribution in [0.5, 0.6) is 0 Å². The molecule has 1 atom stereocenters. The SMILES string of the molecule is CC(CN(C)CCNC(=O)OC(C)(C)C)OOCO. The second-order valence-corrected chi connectivity index (χ2v) is 5.34. The molecule has 1 amide bonds. The Morgan fingerprint density at radius 3 is 2.58 bits per heavy atom. The minimum absolute atomic E-state index is 0.168. The fourth-order valence-corrected chi connectivity index (χ4v) is 1.37. The highest BCUT2D eigenvalue weighted by Crippen LogP contribution is 2.06. The maximum absolute atomic E-state index is 11.4. The third kappa shape index (κ3) is 11.9. The molecule has 0 aromatic carbocycles. The zero-order valence-corrected chi connectivity index (χ0v) is 12.4. The Labute approximate surface area is 114 Å². The van der Waals surface area contributed by atoms with E-state index in [9.17, 15) is 4.79 Å². The molecule has 0 aliphatic carbocycles. The van der Waals surface area contributed by atoms with Crippen molar-refractivity contribution in [2.45, 2.75) is 39.4 Å². The van der Waals surface area contributed by atoms with Crippen LogP contribution in [-0.4, -0.2) is 61.3 Å². The molecule has 0 aromatic heterocycles. The van der Waals surface area contributed by atoms with Crippen LogP contribution in [0.15, 0.2) is 0 Å². The molecular formula is C12H26N2O5. The molecule has 0 saturated heterocycles. The predicted molar refractivity (Wildman–Crippen MR) is 70.5 cm³/mol. The number of hydrogen-bond acceptors (Lipinski definition) is 6. The van der Waals surface area contributed by atoms with Gasteiger partial charge in [0.25, 0.3) is 0 Å². The van der Waals surface area contributed by atoms with Crippen molar-refractivity contribution in [2.75, 3.05) is 33.5 Å². The molecule has 0 radical (unpaired) electrons. The Bertz CT molecular complexity index is 255. The number of nitrogens with one attached hydrogen (secondary N) is 1. The summed E-state index contributed by atoms with van der Waals surface area (Å²) in [7, 11) is 1.90. The maximum atomic E-state index is 11.4.